The Morgan fingerprint density at radius 1 is 1.26 bits per heavy atom. The SMILES string of the molecule is NS(=O)(=O)n1ccc(-c2cccc(C(=O)N[C@H]3CNC[C@@H]3O)c2)c1C(=O)O. The van der Waals surface area contributed by atoms with Crippen LogP contribution in [0.15, 0.2) is 36.5 Å². The van der Waals surface area contributed by atoms with Crippen molar-refractivity contribution in [2.45, 2.75) is 12.1 Å². The van der Waals surface area contributed by atoms with Crippen LogP contribution in [-0.2, 0) is 10.2 Å². The number of benzene rings is 1. The molecule has 0 bridgehead atoms. The van der Waals surface area contributed by atoms with Crippen LogP contribution in [0, 0.1) is 0 Å². The second-order valence-electron chi connectivity index (χ2n) is 6.11. The normalized spacial score (nSPS) is 19.8. The molecular formula is C16H18N4O6S. The van der Waals surface area contributed by atoms with E-state index in [9.17, 15) is 28.2 Å². The Hall–Kier alpha value is -2.73. The van der Waals surface area contributed by atoms with Gasteiger partial charge in [0.05, 0.1) is 12.1 Å². The summed E-state index contributed by atoms with van der Waals surface area (Å²) < 4.78 is 23.6. The molecular weight excluding hydrogens is 376 g/mol. The van der Waals surface area contributed by atoms with Gasteiger partial charge < -0.3 is 20.8 Å². The highest BCUT2D eigenvalue weighted by Crippen LogP contribution is 2.26. The lowest BCUT2D eigenvalue weighted by Gasteiger charge is -2.15. The summed E-state index contributed by atoms with van der Waals surface area (Å²) in [5.74, 6) is -1.91. The zero-order valence-electron chi connectivity index (χ0n) is 14.0. The minimum absolute atomic E-state index is 0.105. The number of carbonyl (C=O) groups excluding carboxylic acids is 1. The Morgan fingerprint density at radius 3 is 2.59 bits per heavy atom. The number of nitrogens with one attached hydrogen (secondary N) is 2. The number of aromatic carboxylic acids is 1. The number of hydrogen-bond donors (Lipinski definition) is 5. The lowest BCUT2D eigenvalue weighted by atomic mass is 10.0. The number of aromatic nitrogens is 1. The van der Waals surface area contributed by atoms with E-state index in [-0.39, 0.29) is 11.1 Å². The van der Waals surface area contributed by atoms with Crippen LogP contribution >= 0.6 is 0 Å². The van der Waals surface area contributed by atoms with Crippen LogP contribution in [0.1, 0.15) is 20.8 Å². The summed E-state index contributed by atoms with van der Waals surface area (Å²) in [7, 11) is -4.29. The van der Waals surface area contributed by atoms with E-state index in [1.807, 2.05) is 0 Å². The van der Waals surface area contributed by atoms with Crippen molar-refractivity contribution >= 4 is 22.1 Å². The lowest BCUT2D eigenvalue weighted by molar-refractivity contribution is 0.0690. The van der Waals surface area contributed by atoms with Crippen molar-refractivity contribution in [3.8, 4) is 11.1 Å². The second kappa shape index (κ2) is 7.12. The Labute approximate surface area is 154 Å². The zero-order chi connectivity index (χ0) is 19.8. The van der Waals surface area contributed by atoms with Gasteiger partial charge >= 0.3 is 16.2 Å². The van der Waals surface area contributed by atoms with Crippen molar-refractivity contribution in [2.75, 3.05) is 13.1 Å². The van der Waals surface area contributed by atoms with E-state index in [1.54, 1.807) is 12.1 Å². The van der Waals surface area contributed by atoms with Gasteiger partial charge in [0.25, 0.3) is 5.91 Å². The molecule has 0 aliphatic carbocycles. The van der Waals surface area contributed by atoms with E-state index in [2.05, 4.69) is 10.6 Å². The molecule has 0 spiro atoms. The predicted molar refractivity (Wildman–Crippen MR) is 95.5 cm³/mol. The van der Waals surface area contributed by atoms with Crippen LogP contribution in [0.2, 0.25) is 0 Å². The summed E-state index contributed by atoms with van der Waals surface area (Å²) in [5.41, 5.74) is 0.165. The van der Waals surface area contributed by atoms with Crippen LogP contribution in [-0.4, -0.2) is 59.7 Å². The molecule has 27 heavy (non-hydrogen) atoms. The minimum Gasteiger partial charge on any atom is -0.477 e. The zero-order valence-corrected chi connectivity index (χ0v) is 14.8. The number of aliphatic hydroxyl groups excluding tert-OH is 1. The van der Waals surface area contributed by atoms with E-state index in [0.717, 1.165) is 6.20 Å². The number of hydrogen-bond acceptors (Lipinski definition) is 6. The Morgan fingerprint density at radius 2 is 2.00 bits per heavy atom. The first kappa shape index (κ1) is 19.0. The van der Waals surface area contributed by atoms with Gasteiger partial charge in [0.2, 0.25) is 0 Å². The molecule has 0 saturated carbocycles. The Kier molecular flexibility index (Phi) is 5.02. The van der Waals surface area contributed by atoms with Gasteiger partial charge in [-0.25, -0.2) is 13.9 Å². The first-order chi connectivity index (χ1) is 12.7. The van der Waals surface area contributed by atoms with E-state index < -0.39 is 39.9 Å². The Bertz CT molecular complexity index is 1000. The molecule has 2 heterocycles. The van der Waals surface area contributed by atoms with E-state index in [1.165, 1.54) is 18.2 Å². The summed E-state index contributed by atoms with van der Waals surface area (Å²) in [5, 5.41) is 29.9. The summed E-state index contributed by atoms with van der Waals surface area (Å²) in [6, 6.07) is 6.95. The van der Waals surface area contributed by atoms with Crippen LogP contribution in [0.25, 0.3) is 11.1 Å². The van der Waals surface area contributed by atoms with Gasteiger partial charge in [0, 0.05) is 30.4 Å². The maximum Gasteiger partial charge on any atom is 0.354 e. The standard InChI is InChI=1S/C16H18N4O6S/c17-27(25,26)20-5-4-11(14(20)16(23)24)9-2-1-3-10(6-9)15(22)19-12-7-18-8-13(12)21/h1-6,12-13,18,21H,7-8H2,(H,19,22)(H,23,24)(H2,17,25,26)/t12-,13-/m0/s1. The van der Waals surface area contributed by atoms with Crippen molar-refractivity contribution in [3.05, 3.63) is 47.8 Å². The molecule has 6 N–H and O–H groups in total. The molecule has 11 heteroatoms. The van der Waals surface area contributed by atoms with Gasteiger partial charge in [-0.05, 0) is 23.8 Å². The van der Waals surface area contributed by atoms with Crippen molar-refractivity contribution in [1.82, 2.24) is 14.6 Å². The highest BCUT2D eigenvalue weighted by atomic mass is 32.2. The smallest absolute Gasteiger partial charge is 0.354 e. The molecule has 144 valence electrons. The number of carboxylic acid groups (broad SMARTS) is 1. The lowest BCUT2D eigenvalue weighted by Crippen LogP contribution is -2.42. The third-order valence-electron chi connectivity index (χ3n) is 4.26. The quantitative estimate of drug-likeness (QED) is 0.432. The largest absolute Gasteiger partial charge is 0.477 e. The fourth-order valence-corrected chi connectivity index (χ4v) is 3.62. The van der Waals surface area contributed by atoms with Crippen molar-refractivity contribution in [3.63, 3.8) is 0 Å². The van der Waals surface area contributed by atoms with Crippen LogP contribution in [0.5, 0.6) is 0 Å². The van der Waals surface area contributed by atoms with Gasteiger partial charge in [-0.2, -0.15) is 8.42 Å². The molecule has 0 unspecified atom stereocenters. The van der Waals surface area contributed by atoms with E-state index in [4.69, 9.17) is 5.14 Å². The van der Waals surface area contributed by atoms with Gasteiger partial charge in [-0.3, -0.25) is 4.79 Å². The molecule has 2 aromatic rings. The number of nitrogens with zero attached hydrogens (tertiary/aromatic N) is 1. The van der Waals surface area contributed by atoms with Gasteiger partial charge in [-0.15, -0.1) is 0 Å². The number of carboxylic acids is 1. The molecule has 10 nitrogen and oxygen atoms in total. The molecule has 1 aliphatic rings. The number of carbonyl (C=O) groups is 2. The molecule has 0 radical (unpaired) electrons. The van der Waals surface area contributed by atoms with Crippen molar-refractivity contribution in [2.24, 2.45) is 5.14 Å². The first-order valence-corrected chi connectivity index (χ1v) is 9.47. The topological polar surface area (TPSA) is 164 Å². The summed E-state index contributed by atoms with van der Waals surface area (Å²) in [4.78, 5) is 24.0. The van der Waals surface area contributed by atoms with Crippen molar-refractivity contribution in [1.29, 1.82) is 0 Å². The molecule has 1 fully saturated rings. The van der Waals surface area contributed by atoms with Crippen LogP contribution in [0.3, 0.4) is 0 Å². The molecule has 1 aromatic carbocycles. The number of β-amino-alcohol motifs (C(OH)–C–C–N with tert-alkyl or cyclic N) is 1. The number of nitrogens with two attached hydrogens (primary N) is 1. The predicted octanol–water partition coefficient (Wildman–Crippen LogP) is -1.03. The summed E-state index contributed by atoms with van der Waals surface area (Å²) >= 11 is 0. The van der Waals surface area contributed by atoms with Crippen LogP contribution in [0.4, 0.5) is 0 Å². The third-order valence-corrected chi connectivity index (χ3v) is 5.12. The summed E-state index contributed by atoms with van der Waals surface area (Å²) in [6.07, 6.45) is 0.348. The monoisotopic (exact) mass is 394 g/mol. The van der Waals surface area contributed by atoms with Crippen molar-refractivity contribution < 1.29 is 28.2 Å². The van der Waals surface area contributed by atoms with Gasteiger partial charge in [0.1, 0.15) is 0 Å². The van der Waals surface area contributed by atoms with E-state index >= 15 is 0 Å². The van der Waals surface area contributed by atoms with Crippen LogP contribution < -0.4 is 15.8 Å². The number of aliphatic hydroxyl groups is 1. The average molecular weight is 394 g/mol. The first-order valence-electron chi connectivity index (χ1n) is 7.96. The average Bonchev–Trinajstić information content (AvgIpc) is 3.21. The Balaban J connectivity index is 1.95. The number of rotatable bonds is 5. The molecule has 1 aromatic heterocycles. The number of amides is 1. The highest BCUT2D eigenvalue weighted by molar-refractivity contribution is 7.87. The molecule has 1 aliphatic heterocycles. The third kappa shape index (κ3) is 3.85. The van der Waals surface area contributed by atoms with E-state index in [0.29, 0.717) is 22.6 Å². The van der Waals surface area contributed by atoms with Gasteiger partial charge in [0.15, 0.2) is 5.69 Å². The molecule has 1 saturated heterocycles. The van der Waals surface area contributed by atoms with Gasteiger partial charge in [-0.1, -0.05) is 12.1 Å². The molecule has 2 atom stereocenters. The maximum atomic E-state index is 12.4. The molecule has 3 rings (SSSR count). The minimum atomic E-state index is -4.29. The highest BCUT2D eigenvalue weighted by Gasteiger charge is 2.27. The second-order valence-corrected chi connectivity index (χ2v) is 7.53. The maximum absolute atomic E-state index is 12.4. The fourth-order valence-electron chi connectivity index (χ4n) is 2.96. The fraction of sp³-hybridized carbons (Fsp3) is 0.250. The molecule has 1 amide bonds. The summed E-state index contributed by atoms with van der Waals surface area (Å²) in [6.45, 7) is 0.820.